The van der Waals surface area contributed by atoms with Crippen LogP contribution >= 0.6 is 0 Å². The molecule has 0 heterocycles. The van der Waals surface area contributed by atoms with Gasteiger partial charge >= 0.3 is 0 Å². The van der Waals surface area contributed by atoms with Gasteiger partial charge in [0.25, 0.3) is 0 Å². The van der Waals surface area contributed by atoms with Gasteiger partial charge in [-0.05, 0) is 50.4 Å². The highest BCUT2D eigenvalue weighted by molar-refractivity contribution is 4.94. The molecule has 2 bridgehead atoms. The van der Waals surface area contributed by atoms with Crippen LogP contribution in [0.25, 0.3) is 0 Å². The lowest BCUT2D eigenvalue weighted by Crippen LogP contribution is -2.40. The van der Waals surface area contributed by atoms with Crippen LogP contribution in [-0.4, -0.2) is 36.5 Å². The second-order valence-corrected chi connectivity index (χ2v) is 7.12. The Kier molecular flexibility index (Phi) is 5.67. The summed E-state index contributed by atoms with van der Waals surface area (Å²) in [5.41, 5.74) is 0. The average molecular weight is 269 g/mol. The number of ether oxygens (including phenoxy) is 1. The lowest BCUT2D eigenvalue weighted by Gasteiger charge is -2.25. The molecule has 112 valence electrons. The minimum atomic E-state index is -0.367. The largest absolute Gasteiger partial charge is 0.389 e. The second kappa shape index (κ2) is 7.05. The molecule has 0 aromatic rings. The Bertz CT molecular complexity index is 269. The molecule has 0 radical (unpaired) electrons. The predicted octanol–water partition coefficient (Wildman–Crippen LogP) is 2.58. The first-order valence-electron chi connectivity index (χ1n) is 8.07. The van der Waals surface area contributed by atoms with Crippen molar-refractivity contribution >= 4 is 0 Å². The number of aliphatic hydroxyl groups excluding tert-OH is 1. The first-order chi connectivity index (χ1) is 9.04. The van der Waals surface area contributed by atoms with Crippen LogP contribution < -0.4 is 5.32 Å². The molecule has 0 amide bonds. The molecule has 2 aliphatic rings. The van der Waals surface area contributed by atoms with Gasteiger partial charge in [0.15, 0.2) is 0 Å². The Morgan fingerprint density at radius 3 is 2.58 bits per heavy atom. The topological polar surface area (TPSA) is 41.5 Å². The van der Waals surface area contributed by atoms with Gasteiger partial charge in [-0.25, -0.2) is 0 Å². The zero-order valence-corrected chi connectivity index (χ0v) is 12.8. The molecule has 0 aliphatic heterocycles. The summed E-state index contributed by atoms with van der Waals surface area (Å²) in [7, 11) is 0. The summed E-state index contributed by atoms with van der Waals surface area (Å²) in [4.78, 5) is 0. The Balaban J connectivity index is 1.56. The SMILES string of the molecule is CC(C)CC(C)OCC(O)CNC1CC2CCC1C2. The van der Waals surface area contributed by atoms with Crippen molar-refractivity contribution in [2.45, 2.75) is 71.1 Å². The van der Waals surface area contributed by atoms with Gasteiger partial charge in [-0.3, -0.25) is 0 Å². The highest BCUT2D eigenvalue weighted by Gasteiger charge is 2.39. The third-order valence-electron chi connectivity index (χ3n) is 4.73. The molecule has 3 heteroatoms. The molecule has 2 saturated carbocycles. The fraction of sp³-hybridized carbons (Fsp3) is 1.00. The molecule has 0 saturated heterocycles. The van der Waals surface area contributed by atoms with Crippen molar-refractivity contribution in [1.82, 2.24) is 5.32 Å². The standard InChI is InChI=1S/C16H31NO2/c1-11(2)6-12(3)19-10-15(18)9-17-16-8-13-4-5-14(16)7-13/h11-18H,4-10H2,1-3H3. The maximum atomic E-state index is 9.98. The highest BCUT2D eigenvalue weighted by atomic mass is 16.5. The van der Waals surface area contributed by atoms with Crippen molar-refractivity contribution in [1.29, 1.82) is 0 Å². The fourth-order valence-corrected chi connectivity index (χ4v) is 3.85. The van der Waals surface area contributed by atoms with Crippen molar-refractivity contribution in [2.75, 3.05) is 13.2 Å². The Morgan fingerprint density at radius 2 is 2.00 bits per heavy atom. The number of rotatable bonds is 8. The summed E-state index contributed by atoms with van der Waals surface area (Å²) in [6.45, 7) is 7.64. The van der Waals surface area contributed by atoms with E-state index >= 15 is 0 Å². The van der Waals surface area contributed by atoms with Crippen LogP contribution in [0.4, 0.5) is 0 Å². The third-order valence-corrected chi connectivity index (χ3v) is 4.73. The molecule has 3 nitrogen and oxygen atoms in total. The van der Waals surface area contributed by atoms with Crippen LogP contribution in [0, 0.1) is 17.8 Å². The molecule has 2 rings (SSSR count). The number of aliphatic hydroxyl groups is 1. The number of hydrogen-bond donors (Lipinski definition) is 2. The van der Waals surface area contributed by atoms with Gasteiger partial charge in [0.1, 0.15) is 0 Å². The smallest absolute Gasteiger partial charge is 0.0897 e. The summed E-state index contributed by atoms with van der Waals surface area (Å²) in [6, 6.07) is 0.654. The van der Waals surface area contributed by atoms with Gasteiger partial charge in [-0.2, -0.15) is 0 Å². The quantitative estimate of drug-likeness (QED) is 0.711. The van der Waals surface area contributed by atoms with Crippen LogP contribution in [0.2, 0.25) is 0 Å². The van der Waals surface area contributed by atoms with E-state index < -0.39 is 0 Å². The fourth-order valence-electron chi connectivity index (χ4n) is 3.85. The first kappa shape index (κ1) is 15.3. The molecule has 5 unspecified atom stereocenters. The summed E-state index contributed by atoms with van der Waals surface area (Å²) in [6.07, 6.45) is 6.50. The van der Waals surface area contributed by atoms with Crippen molar-refractivity contribution < 1.29 is 9.84 Å². The van der Waals surface area contributed by atoms with Gasteiger partial charge in [-0.1, -0.05) is 20.3 Å². The minimum absolute atomic E-state index is 0.247. The number of fused-ring (bicyclic) bond motifs is 2. The molecule has 0 aromatic heterocycles. The van der Waals surface area contributed by atoms with E-state index in [0.717, 1.165) is 18.3 Å². The summed E-state index contributed by atoms with van der Waals surface area (Å²) >= 11 is 0. The minimum Gasteiger partial charge on any atom is -0.389 e. The van der Waals surface area contributed by atoms with Gasteiger partial charge in [-0.15, -0.1) is 0 Å². The van der Waals surface area contributed by atoms with Crippen LogP contribution in [-0.2, 0) is 4.74 Å². The summed E-state index contributed by atoms with van der Waals surface area (Å²) < 4.78 is 5.70. The molecular formula is C16H31NO2. The van der Waals surface area contributed by atoms with E-state index in [1.165, 1.54) is 25.7 Å². The molecule has 2 aliphatic carbocycles. The molecule has 2 fully saturated rings. The molecule has 19 heavy (non-hydrogen) atoms. The normalized spacial score (nSPS) is 33.0. The van der Waals surface area contributed by atoms with E-state index in [4.69, 9.17) is 4.74 Å². The van der Waals surface area contributed by atoms with Crippen molar-refractivity contribution in [2.24, 2.45) is 17.8 Å². The van der Waals surface area contributed by atoms with Gasteiger partial charge in [0.2, 0.25) is 0 Å². The van der Waals surface area contributed by atoms with Crippen LogP contribution in [0.15, 0.2) is 0 Å². The van der Waals surface area contributed by atoms with Gasteiger partial charge < -0.3 is 15.2 Å². The maximum Gasteiger partial charge on any atom is 0.0897 e. The van der Waals surface area contributed by atoms with E-state index in [1.54, 1.807) is 0 Å². The van der Waals surface area contributed by atoms with Gasteiger partial charge in [0.05, 0.1) is 18.8 Å². The van der Waals surface area contributed by atoms with E-state index in [-0.39, 0.29) is 12.2 Å². The third kappa shape index (κ3) is 4.73. The van der Waals surface area contributed by atoms with E-state index in [2.05, 4.69) is 26.1 Å². The van der Waals surface area contributed by atoms with Crippen molar-refractivity contribution in [3.05, 3.63) is 0 Å². The zero-order valence-electron chi connectivity index (χ0n) is 12.8. The first-order valence-corrected chi connectivity index (χ1v) is 8.07. The monoisotopic (exact) mass is 269 g/mol. The lowest BCUT2D eigenvalue weighted by molar-refractivity contribution is -0.00977. The van der Waals surface area contributed by atoms with E-state index in [1.807, 2.05) is 0 Å². The van der Waals surface area contributed by atoms with Crippen LogP contribution in [0.3, 0.4) is 0 Å². The second-order valence-electron chi connectivity index (χ2n) is 7.12. The summed E-state index contributed by atoms with van der Waals surface area (Å²) in [5.74, 6) is 2.49. The average Bonchev–Trinajstić information content (AvgIpc) is 2.95. The molecular weight excluding hydrogens is 238 g/mol. The molecule has 0 spiro atoms. The molecule has 0 aromatic carbocycles. The van der Waals surface area contributed by atoms with Crippen LogP contribution in [0.1, 0.15) is 52.9 Å². The van der Waals surface area contributed by atoms with Crippen molar-refractivity contribution in [3.63, 3.8) is 0 Å². The highest BCUT2D eigenvalue weighted by Crippen LogP contribution is 2.44. The predicted molar refractivity (Wildman–Crippen MR) is 78.1 cm³/mol. The zero-order chi connectivity index (χ0) is 13.8. The summed E-state index contributed by atoms with van der Waals surface area (Å²) in [5, 5.41) is 13.5. The number of hydrogen-bond acceptors (Lipinski definition) is 3. The van der Waals surface area contributed by atoms with Crippen molar-refractivity contribution in [3.8, 4) is 0 Å². The Labute approximate surface area is 118 Å². The molecule has 2 N–H and O–H groups in total. The van der Waals surface area contributed by atoms with Gasteiger partial charge in [0, 0.05) is 12.6 Å². The molecule has 5 atom stereocenters. The van der Waals surface area contributed by atoms with E-state index in [9.17, 15) is 5.11 Å². The maximum absolute atomic E-state index is 9.98. The Hall–Kier alpha value is -0.120. The van der Waals surface area contributed by atoms with E-state index in [0.29, 0.717) is 25.1 Å². The van der Waals surface area contributed by atoms with Crippen LogP contribution in [0.5, 0.6) is 0 Å². The lowest BCUT2D eigenvalue weighted by atomic mass is 9.95. The Morgan fingerprint density at radius 1 is 1.21 bits per heavy atom. The number of nitrogens with one attached hydrogen (secondary N) is 1.